The van der Waals surface area contributed by atoms with E-state index in [0.29, 0.717) is 17.8 Å². The van der Waals surface area contributed by atoms with E-state index in [2.05, 4.69) is 5.10 Å². The van der Waals surface area contributed by atoms with Gasteiger partial charge in [-0.15, -0.1) is 11.3 Å². The van der Waals surface area contributed by atoms with Crippen LogP contribution in [0.4, 0.5) is 0 Å². The van der Waals surface area contributed by atoms with Gasteiger partial charge in [-0.1, -0.05) is 36.4 Å². The smallest absolute Gasteiger partial charge is 0.343 e. The van der Waals surface area contributed by atoms with E-state index in [4.69, 9.17) is 10.00 Å². The van der Waals surface area contributed by atoms with Gasteiger partial charge in [0.2, 0.25) is 0 Å². The van der Waals surface area contributed by atoms with Gasteiger partial charge in [0.05, 0.1) is 11.4 Å². The van der Waals surface area contributed by atoms with Crippen molar-refractivity contribution in [3.63, 3.8) is 0 Å². The first-order valence-electron chi connectivity index (χ1n) is 7.43. The van der Waals surface area contributed by atoms with Gasteiger partial charge in [0.15, 0.2) is 6.10 Å². The van der Waals surface area contributed by atoms with E-state index in [-0.39, 0.29) is 0 Å². The molecular weight excluding hydrogens is 322 g/mol. The molecule has 0 aliphatic carbocycles. The number of nitrogens with zero attached hydrogens (tertiary/aromatic N) is 3. The summed E-state index contributed by atoms with van der Waals surface area (Å²) in [5.41, 5.74) is 2.04. The van der Waals surface area contributed by atoms with Crippen molar-refractivity contribution < 1.29 is 9.53 Å². The molecule has 0 aliphatic heterocycles. The summed E-state index contributed by atoms with van der Waals surface area (Å²) >= 11 is 1.50. The number of rotatable bonds is 5. The summed E-state index contributed by atoms with van der Waals surface area (Å²) < 4.78 is 6.86. The highest BCUT2D eigenvalue weighted by atomic mass is 32.1. The van der Waals surface area contributed by atoms with Crippen LogP contribution >= 0.6 is 11.3 Å². The zero-order valence-electron chi connectivity index (χ0n) is 13.0. The normalized spacial score (nSPS) is 11.7. The number of hydrogen-bond donors (Lipinski definition) is 0. The van der Waals surface area contributed by atoms with Crippen molar-refractivity contribution in [2.75, 3.05) is 0 Å². The molecular formula is C18H15N3O2S. The molecule has 0 bridgehead atoms. The Labute approximate surface area is 143 Å². The molecule has 5 nitrogen and oxygen atoms in total. The Morgan fingerprint density at radius 2 is 2.12 bits per heavy atom. The second-order valence-corrected chi connectivity index (χ2v) is 6.18. The second-order valence-electron chi connectivity index (χ2n) is 5.23. The molecule has 0 aliphatic rings. The van der Waals surface area contributed by atoms with Crippen molar-refractivity contribution in [3.8, 4) is 16.6 Å². The van der Waals surface area contributed by atoms with Crippen molar-refractivity contribution in [3.05, 3.63) is 65.2 Å². The molecule has 6 heteroatoms. The molecule has 0 fully saturated rings. The number of ether oxygens (including phenoxy) is 1. The Morgan fingerprint density at radius 1 is 1.33 bits per heavy atom. The minimum absolute atomic E-state index is 0.371. The maximum absolute atomic E-state index is 12.4. The fourth-order valence-electron chi connectivity index (χ4n) is 2.27. The highest BCUT2D eigenvalue weighted by Gasteiger charge is 2.21. The summed E-state index contributed by atoms with van der Waals surface area (Å²) in [6.45, 7) is 2.09. The average molecular weight is 337 g/mol. The van der Waals surface area contributed by atoms with Crippen LogP contribution in [-0.4, -0.2) is 21.9 Å². The zero-order chi connectivity index (χ0) is 16.9. The lowest BCUT2D eigenvalue weighted by Crippen LogP contribution is -2.13. The van der Waals surface area contributed by atoms with E-state index in [1.807, 2.05) is 53.9 Å². The van der Waals surface area contributed by atoms with Gasteiger partial charge in [0, 0.05) is 6.20 Å². The minimum Gasteiger partial charge on any atom is -0.444 e. The molecule has 0 amide bonds. The van der Waals surface area contributed by atoms with Crippen molar-refractivity contribution in [1.29, 1.82) is 5.26 Å². The van der Waals surface area contributed by atoms with Gasteiger partial charge >= 0.3 is 5.97 Å². The molecule has 0 saturated heterocycles. The molecule has 2 aromatic heterocycles. The van der Waals surface area contributed by atoms with Crippen LogP contribution in [0.3, 0.4) is 0 Å². The molecule has 0 saturated carbocycles. The van der Waals surface area contributed by atoms with E-state index in [1.54, 1.807) is 10.9 Å². The predicted octanol–water partition coefficient (Wildman–Crippen LogP) is 3.73. The zero-order valence-corrected chi connectivity index (χ0v) is 13.9. The number of esters is 1. The van der Waals surface area contributed by atoms with E-state index >= 15 is 0 Å². The first-order valence-corrected chi connectivity index (χ1v) is 8.31. The lowest BCUT2D eigenvalue weighted by Gasteiger charge is -2.04. The number of hydrogen-bond acceptors (Lipinski definition) is 5. The Bertz CT molecular complexity index is 864. The van der Waals surface area contributed by atoms with Crippen molar-refractivity contribution in [1.82, 2.24) is 9.78 Å². The molecule has 0 radical (unpaired) electrons. The molecule has 1 aromatic carbocycles. The summed E-state index contributed by atoms with van der Waals surface area (Å²) in [6.07, 6.45) is 0.875. The number of aromatic nitrogens is 2. The number of thiophene rings is 1. The summed E-state index contributed by atoms with van der Waals surface area (Å²) in [6, 6.07) is 15.6. The first-order chi connectivity index (χ1) is 11.7. The van der Waals surface area contributed by atoms with E-state index < -0.39 is 12.1 Å². The van der Waals surface area contributed by atoms with Crippen LogP contribution in [-0.2, 0) is 11.3 Å². The molecule has 120 valence electrons. The summed E-state index contributed by atoms with van der Waals surface area (Å²) in [5.74, 6) is -0.535. The van der Waals surface area contributed by atoms with Gasteiger partial charge in [0.1, 0.15) is 17.3 Å². The van der Waals surface area contributed by atoms with Crippen LogP contribution in [0.5, 0.6) is 0 Å². The molecule has 1 atom stereocenters. The van der Waals surface area contributed by atoms with Crippen LogP contribution in [0.25, 0.3) is 10.6 Å². The molecule has 0 N–H and O–H groups in total. The minimum atomic E-state index is -0.800. The Hall–Kier alpha value is -2.91. The van der Waals surface area contributed by atoms with E-state index in [1.165, 1.54) is 18.3 Å². The van der Waals surface area contributed by atoms with E-state index in [9.17, 15) is 4.79 Å². The second kappa shape index (κ2) is 7.11. The van der Waals surface area contributed by atoms with Crippen molar-refractivity contribution in [2.24, 2.45) is 0 Å². The standard InChI is InChI=1S/C18H15N3O2S/c1-13(10-19)23-18(22)15-12-21(11-14-6-3-2-4-7-14)20-17(15)16-8-5-9-24-16/h2-9,12-13H,11H2,1H3/t13-/m1/s1. The van der Waals surface area contributed by atoms with Crippen LogP contribution in [0.15, 0.2) is 54.0 Å². The molecule has 3 rings (SSSR count). The van der Waals surface area contributed by atoms with Crippen LogP contribution in [0.1, 0.15) is 22.8 Å². The monoisotopic (exact) mass is 337 g/mol. The Balaban J connectivity index is 1.94. The first kappa shape index (κ1) is 16.0. The van der Waals surface area contributed by atoms with Crippen LogP contribution in [0, 0.1) is 11.3 Å². The summed E-state index contributed by atoms with van der Waals surface area (Å²) in [7, 11) is 0. The van der Waals surface area contributed by atoms with Crippen LogP contribution in [0.2, 0.25) is 0 Å². The largest absolute Gasteiger partial charge is 0.444 e. The van der Waals surface area contributed by atoms with Gasteiger partial charge in [-0.2, -0.15) is 10.4 Å². The topological polar surface area (TPSA) is 67.9 Å². The molecule has 0 spiro atoms. The van der Waals surface area contributed by atoms with E-state index in [0.717, 1.165) is 10.4 Å². The third-order valence-corrected chi connectivity index (χ3v) is 4.27. The fraction of sp³-hybridized carbons (Fsp3) is 0.167. The highest BCUT2D eigenvalue weighted by Crippen LogP contribution is 2.27. The summed E-state index contributed by atoms with van der Waals surface area (Å²) in [5, 5.41) is 15.3. The lowest BCUT2D eigenvalue weighted by atomic mass is 10.2. The van der Waals surface area contributed by atoms with Gasteiger partial charge < -0.3 is 4.74 Å². The molecule has 24 heavy (non-hydrogen) atoms. The predicted molar refractivity (Wildman–Crippen MR) is 91.6 cm³/mol. The maximum Gasteiger partial charge on any atom is 0.343 e. The Morgan fingerprint density at radius 3 is 2.79 bits per heavy atom. The fourth-order valence-corrected chi connectivity index (χ4v) is 2.99. The average Bonchev–Trinajstić information content (AvgIpc) is 3.24. The van der Waals surface area contributed by atoms with Gasteiger partial charge in [-0.25, -0.2) is 4.79 Å². The van der Waals surface area contributed by atoms with Gasteiger partial charge in [-0.05, 0) is 23.9 Å². The van der Waals surface area contributed by atoms with Crippen LogP contribution < -0.4 is 0 Å². The number of carbonyl (C=O) groups is 1. The number of carbonyl (C=O) groups excluding carboxylic acids is 1. The van der Waals surface area contributed by atoms with Crippen molar-refractivity contribution in [2.45, 2.75) is 19.6 Å². The SMILES string of the molecule is C[C@H](C#N)OC(=O)c1cn(Cc2ccccc2)nc1-c1cccs1. The lowest BCUT2D eigenvalue weighted by molar-refractivity contribution is 0.0436. The summed E-state index contributed by atoms with van der Waals surface area (Å²) in [4.78, 5) is 13.3. The molecule has 3 aromatic rings. The third-order valence-electron chi connectivity index (χ3n) is 3.39. The van der Waals surface area contributed by atoms with Gasteiger partial charge in [-0.3, -0.25) is 4.68 Å². The third kappa shape index (κ3) is 3.53. The van der Waals surface area contributed by atoms with Gasteiger partial charge in [0.25, 0.3) is 0 Å². The van der Waals surface area contributed by atoms with Crippen molar-refractivity contribution >= 4 is 17.3 Å². The maximum atomic E-state index is 12.4. The Kier molecular flexibility index (Phi) is 4.73. The highest BCUT2D eigenvalue weighted by molar-refractivity contribution is 7.13. The number of benzene rings is 1. The quantitative estimate of drug-likeness (QED) is 0.665. The molecule has 2 heterocycles. The molecule has 0 unspecified atom stereocenters. The number of nitriles is 1.